The van der Waals surface area contributed by atoms with Crippen molar-refractivity contribution in [3.05, 3.63) is 36.5 Å². The minimum atomic E-state index is -1.57. The summed E-state index contributed by atoms with van der Waals surface area (Å²) in [6.45, 7) is 3.71. The van der Waals surface area contributed by atoms with Crippen molar-refractivity contribution in [3.8, 4) is 0 Å². The van der Waals surface area contributed by atoms with Crippen LogP contribution < -0.4 is 5.32 Å². The fourth-order valence-corrected chi connectivity index (χ4v) is 7.01. The third kappa shape index (κ3) is 27.6. The van der Waals surface area contributed by atoms with Gasteiger partial charge in [0.1, 0.15) is 24.4 Å². The van der Waals surface area contributed by atoms with Crippen molar-refractivity contribution < 1.29 is 39.8 Å². The number of hydrogen-bond donors (Lipinski definition) is 6. The Morgan fingerprint density at radius 3 is 1.53 bits per heavy atom. The standard InChI is InChI=1S/C46H85NO8/c1-3-5-7-9-11-13-14-15-16-17-18-19-20-21-22-23-24-25-26-27-28-29-31-33-35-40(49)39(47-42(50)36-34-32-30-12-10-8-6-4-2)38-54-46-45(53)44(52)43(51)41(37-48)55-46/h23-24,27-28,33,35,39-41,43-46,48-49,51-53H,3-22,25-26,29-32,34,36-38H2,1-2H3,(H,47,50)/b24-23+,28-27+,35-33+. The first kappa shape index (κ1) is 51.4. The van der Waals surface area contributed by atoms with Gasteiger partial charge in [-0.2, -0.15) is 0 Å². The molecule has 0 spiro atoms. The largest absolute Gasteiger partial charge is 0.394 e. The SMILES string of the molecule is CCCCCCCCCCCCCCCC/C=C/CC/C=C/CC/C=C/C(O)C(COC1OC(CO)C(O)C(O)C1O)NC(=O)CCCCCCCCCC. The molecule has 0 aromatic carbocycles. The van der Waals surface area contributed by atoms with Crippen LogP contribution in [0.4, 0.5) is 0 Å². The van der Waals surface area contributed by atoms with Crippen LogP contribution >= 0.6 is 0 Å². The van der Waals surface area contributed by atoms with E-state index in [0.717, 1.165) is 44.9 Å². The van der Waals surface area contributed by atoms with E-state index in [-0.39, 0.29) is 12.5 Å². The molecule has 1 aliphatic heterocycles. The zero-order valence-corrected chi connectivity index (χ0v) is 35.2. The molecule has 7 unspecified atom stereocenters. The predicted molar refractivity (Wildman–Crippen MR) is 226 cm³/mol. The Bertz CT molecular complexity index is 956. The lowest BCUT2D eigenvalue weighted by atomic mass is 9.99. The van der Waals surface area contributed by atoms with Crippen LogP contribution in [0.2, 0.25) is 0 Å². The average molecular weight is 780 g/mol. The number of unbranched alkanes of at least 4 members (excludes halogenated alkanes) is 23. The maximum absolute atomic E-state index is 12.8. The summed E-state index contributed by atoms with van der Waals surface area (Å²) >= 11 is 0. The molecule has 1 saturated heterocycles. The van der Waals surface area contributed by atoms with Gasteiger partial charge in [-0.05, 0) is 44.9 Å². The second-order valence-corrected chi connectivity index (χ2v) is 15.8. The molecular formula is C46H85NO8. The van der Waals surface area contributed by atoms with E-state index in [2.05, 4.69) is 43.5 Å². The minimum absolute atomic E-state index is 0.197. The van der Waals surface area contributed by atoms with Gasteiger partial charge < -0.3 is 40.3 Å². The van der Waals surface area contributed by atoms with Gasteiger partial charge in [0.2, 0.25) is 5.91 Å². The van der Waals surface area contributed by atoms with Gasteiger partial charge in [0.25, 0.3) is 0 Å². The molecule has 9 nitrogen and oxygen atoms in total. The lowest BCUT2D eigenvalue weighted by Gasteiger charge is -2.40. The number of aliphatic hydroxyl groups excluding tert-OH is 5. The summed E-state index contributed by atoms with van der Waals surface area (Å²) < 4.78 is 11.1. The monoisotopic (exact) mass is 780 g/mol. The van der Waals surface area contributed by atoms with E-state index in [4.69, 9.17) is 9.47 Å². The van der Waals surface area contributed by atoms with E-state index in [1.165, 1.54) is 128 Å². The highest BCUT2D eigenvalue weighted by Crippen LogP contribution is 2.22. The summed E-state index contributed by atoms with van der Waals surface area (Å²) in [5, 5.41) is 53.9. The third-order valence-electron chi connectivity index (χ3n) is 10.7. The quantitative estimate of drug-likeness (QED) is 0.0270. The number of aliphatic hydroxyl groups is 5. The number of carbonyl (C=O) groups is 1. The zero-order valence-electron chi connectivity index (χ0n) is 35.2. The molecule has 0 aliphatic carbocycles. The number of amides is 1. The van der Waals surface area contributed by atoms with Gasteiger partial charge in [-0.1, -0.05) is 179 Å². The molecule has 0 saturated carbocycles. The van der Waals surface area contributed by atoms with E-state index < -0.39 is 49.5 Å². The third-order valence-corrected chi connectivity index (χ3v) is 10.7. The van der Waals surface area contributed by atoms with Gasteiger partial charge in [-0.3, -0.25) is 4.79 Å². The molecule has 0 radical (unpaired) electrons. The summed E-state index contributed by atoms with van der Waals surface area (Å²) in [7, 11) is 0. The topological polar surface area (TPSA) is 149 Å². The van der Waals surface area contributed by atoms with Crippen molar-refractivity contribution >= 4 is 5.91 Å². The highest BCUT2D eigenvalue weighted by atomic mass is 16.7. The first-order valence-electron chi connectivity index (χ1n) is 22.7. The first-order chi connectivity index (χ1) is 26.8. The summed E-state index contributed by atoms with van der Waals surface area (Å²) in [5.74, 6) is -0.197. The fourth-order valence-electron chi connectivity index (χ4n) is 7.01. The maximum Gasteiger partial charge on any atom is 0.220 e. The molecule has 1 heterocycles. The first-order valence-corrected chi connectivity index (χ1v) is 22.7. The van der Waals surface area contributed by atoms with Crippen LogP contribution in [0, 0.1) is 0 Å². The van der Waals surface area contributed by atoms with Gasteiger partial charge in [-0.25, -0.2) is 0 Å². The van der Waals surface area contributed by atoms with Crippen molar-refractivity contribution in [3.63, 3.8) is 0 Å². The Labute approximate surface area is 336 Å². The van der Waals surface area contributed by atoms with Crippen LogP contribution in [0.25, 0.3) is 0 Å². The molecule has 6 N–H and O–H groups in total. The molecule has 0 bridgehead atoms. The van der Waals surface area contributed by atoms with Crippen molar-refractivity contribution in [1.29, 1.82) is 0 Å². The summed E-state index contributed by atoms with van der Waals surface area (Å²) in [5.41, 5.74) is 0. The number of carbonyl (C=O) groups excluding carboxylic acids is 1. The maximum atomic E-state index is 12.8. The normalized spacial score (nSPS) is 21.6. The van der Waals surface area contributed by atoms with Crippen LogP contribution in [0.15, 0.2) is 36.5 Å². The minimum Gasteiger partial charge on any atom is -0.394 e. The van der Waals surface area contributed by atoms with Crippen molar-refractivity contribution in [2.24, 2.45) is 0 Å². The highest BCUT2D eigenvalue weighted by molar-refractivity contribution is 5.76. The Balaban J connectivity index is 2.31. The molecule has 1 rings (SSSR count). The van der Waals surface area contributed by atoms with E-state index in [0.29, 0.717) is 6.42 Å². The predicted octanol–water partition coefficient (Wildman–Crippen LogP) is 9.28. The van der Waals surface area contributed by atoms with Gasteiger partial charge >= 0.3 is 0 Å². The van der Waals surface area contributed by atoms with Crippen molar-refractivity contribution in [1.82, 2.24) is 5.32 Å². The second-order valence-electron chi connectivity index (χ2n) is 15.8. The lowest BCUT2D eigenvalue weighted by Crippen LogP contribution is -2.60. The number of nitrogens with one attached hydrogen (secondary N) is 1. The van der Waals surface area contributed by atoms with Gasteiger partial charge in [0.15, 0.2) is 6.29 Å². The van der Waals surface area contributed by atoms with Crippen LogP contribution in [-0.2, 0) is 14.3 Å². The molecule has 1 aliphatic rings. The molecule has 7 atom stereocenters. The second kappa shape index (κ2) is 36.7. The molecule has 9 heteroatoms. The Kier molecular flexibility index (Phi) is 34.3. The van der Waals surface area contributed by atoms with Crippen LogP contribution in [0.3, 0.4) is 0 Å². The van der Waals surface area contributed by atoms with E-state index in [1.54, 1.807) is 6.08 Å². The van der Waals surface area contributed by atoms with Crippen LogP contribution in [0.5, 0.6) is 0 Å². The van der Waals surface area contributed by atoms with E-state index >= 15 is 0 Å². The van der Waals surface area contributed by atoms with Gasteiger partial charge in [-0.15, -0.1) is 0 Å². The number of rotatable bonds is 37. The number of hydrogen-bond acceptors (Lipinski definition) is 8. The molecule has 1 fully saturated rings. The van der Waals surface area contributed by atoms with Crippen molar-refractivity contribution in [2.45, 2.75) is 236 Å². The molecule has 0 aromatic heterocycles. The molecule has 55 heavy (non-hydrogen) atoms. The Morgan fingerprint density at radius 1 is 0.600 bits per heavy atom. The smallest absolute Gasteiger partial charge is 0.220 e. The van der Waals surface area contributed by atoms with E-state index in [1.807, 2.05) is 6.08 Å². The lowest BCUT2D eigenvalue weighted by molar-refractivity contribution is -0.302. The number of ether oxygens (including phenoxy) is 2. The van der Waals surface area contributed by atoms with Crippen LogP contribution in [-0.4, -0.2) is 87.5 Å². The highest BCUT2D eigenvalue weighted by Gasteiger charge is 2.44. The molecular weight excluding hydrogens is 695 g/mol. The summed E-state index contributed by atoms with van der Waals surface area (Å²) in [6, 6.07) is -0.822. The molecule has 1 amide bonds. The molecule has 0 aromatic rings. The Morgan fingerprint density at radius 2 is 1.04 bits per heavy atom. The van der Waals surface area contributed by atoms with Gasteiger partial charge in [0.05, 0.1) is 25.4 Å². The van der Waals surface area contributed by atoms with Crippen LogP contribution in [0.1, 0.15) is 194 Å². The summed E-state index contributed by atoms with van der Waals surface area (Å²) in [4.78, 5) is 12.8. The zero-order chi connectivity index (χ0) is 40.2. The number of allylic oxidation sites excluding steroid dienone is 5. The van der Waals surface area contributed by atoms with Crippen molar-refractivity contribution in [2.75, 3.05) is 13.2 Å². The van der Waals surface area contributed by atoms with Gasteiger partial charge in [0, 0.05) is 6.42 Å². The fraction of sp³-hybridized carbons (Fsp3) is 0.848. The average Bonchev–Trinajstić information content (AvgIpc) is 3.18. The molecule has 322 valence electrons. The summed E-state index contributed by atoms with van der Waals surface area (Å²) in [6.07, 6.45) is 37.9. The van der Waals surface area contributed by atoms with E-state index in [9.17, 15) is 30.3 Å². The Hall–Kier alpha value is -1.59.